The summed E-state index contributed by atoms with van der Waals surface area (Å²) >= 11 is 3.50. The molecule has 1 aliphatic carbocycles. The Kier molecular flexibility index (Phi) is 3.63. The molecule has 3 rings (SSSR count). The molecule has 0 spiro atoms. The van der Waals surface area contributed by atoms with Crippen molar-refractivity contribution in [2.24, 2.45) is 0 Å². The van der Waals surface area contributed by atoms with Crippen LogP contribution < -0.4 is 10.6 Å². The Labute approximate surface area is 122 Å². The van der Waals surface area contributed by atoms with E-state index < -0.39 is 0 Å². The zero-order valence-electron chi connectivity index (χ0n) is 10.9. The first-order valence-electron chi connectivity index (χ1n) is 6.98. The highest BCUT2D eigenvalue weighted by Gasteiger charge is 2.45. The van der Waals surface area contributed by atoms with Gasteiger partial charge in [-0.25, -0.2) is 0 Å². The van der Waals surface area contributed by atoms with Crippen LogP contribution in [0.25, 0.3) is 0 Å². The molecular formula is C15H19BrN2O. The summed E-state index contributed by atoms with van der Waals surface area (Å²) in [6, 6.07) is 8.64. The van der Waals surface area contributed by atoms with Crippen LogP contribution in [-0.2, 0) is 10.3 Å². The molecule has 1 amide bonds. The third-order valence-electron chi connectivity index (χ3n) is 4.10. The van der Waals surface area contributed by atoms with Crippen molar-refractivity contribution in [2.45, 2.75) is 43.7 Å². The molecule has 2 N–H and O–H groups in total. The smallest absolute Gasteiger partial charge is 0.222 e. The summed E-state index contributed by atoms with van der Waals surface area (Å²) in [4.78, 5) is 12.2. The van der Waals surface area contributed by atoms with Gasteiger partial charge in [0.05, 0.1) is 5.54 Å². The molecule has 102 valence electrons. The topological polar surface area (TPSA) is 41.1 Å². The minimum Gasteiger partial charge on any atom is -0.347 e. The number of carbonyl (C=O) groups excluding carboxylic acids is 1. The van der Waals surface area contributed by atoms with E-state index in [1.165, 1.54) is 12.0 Å². The second-order valence-corrected chi connectivity index (χ2v) is 6.55. The molecule has 0 radical (unpaired) electrons. The molecule has 1 aliphatic heterocycles. The zero-order chi connectivity index (χ0) is 13.3. The number of carbonyl (C=O) groups is 1. The van der Waals surface area contributed by atoms with E-state index in [1.54, 1.807) is 0 Å². The molecule has 2 fully saturated rings. The standard InChI is InChI=1S/C15H19BrN2O/c16-12-4-1-3-11(9-12)15(6-7-15)18-14(19)10-13-5-2-8-17-13/h1,3-4,9,13,17H,2,5-8,10H2,(H,18,19). The second-order valence-electron chi connectivity index (χ2n) is 5.64. The van der Waals surface area contributed by atoms with Crippen LogP contribution in [0, 0.1) is 0 Å². The fourth-order valence-corrected chi connectivity index (χ4v) is 3.27. The summed E-state index contributed by atoms with van der Waals surface area (Å²) in [6.07, 6.45) is 5.02. The highest BCUT2D eigenvalue weighted by Crippen LogP contribution is 2.46. The van der Waals surface area contributed by atoms with Crippen molar-refractivity contribution in [1.82, 2.24) is 10.6 Å². The lowest BCUT2D eigenvalue weighted by molar-refractivity contribution is -0.122. The van der Waals surface area contributed by atoms with Crippen LogP contribution in [0.1, 0.15) is 37.7 Å². The maximum atomic E-state index is 12.2. The van der Waals surface area contributed by atoms with Crippen LogP contribution >= 0.6 is 15.9 Å². The summed E-state index contributed by atoms with van der Waals surface area (Å²) in [5.74, 6) is 0.178. The van der Waals surface area contributed by atoms with Gasteiger partial charge in [0.25, 0.3) is 0 Å². The Morgan fingerprint density at radius 3 is 2.95 bits per heavy atom. The molecule has 1 heterocycles. The molecule has 2 aliphatic rings. The lowest BCUT2D eigenvalue weighted by Gasteiger charge is -2.19. The van der Waals surface area contributed by atoms with Gasteiger partial charge < -0.3 is 10.6 Å². The van der Waals surface area contributed by atoms with E-state index in [9.17, 15) is 4.79 Å². The van der Waals surface area contributed by atoms with E-state index in [2.05, 4.69) is 38.7 Å². The second kappa shape index (κ2) is 5.25. The van der Waals surface area contributed by atoms with Crippen molar-refractivity contribution >= 4 is 21.8 Å². The Morgan fingerprint density at radius 2 is 2.32 bits per heavy atom. The molecule has 1 unspecified atom stereocenters. The molecule has 1 atom stereocenters. The minimum atomic E-state index is -0.0978. The van der Waals surface area contributed by atoms with E-state index in [1.807, 2.05) is 12.1 Å². The maximum Gasteiger partial charge on any atom is 0.222 e. The van der Waals surface area contributed by atoms with Gasteiger partial charge >= 0.3 is 0 Å². The van der Waals surface area contributed by atoms with Crippen LogP contribution in [0.2, 0.25) is 0 Å². The average Bonchev–Trinajstić information content (AvgIpc) is 2.97. The number of benzene rings is 1. The first kappa shape index (κ1) is 13.1. The highest BCUT2D eigenvalue weighted by atomic mass is 79.9. The molecule has 0 aromatic heterocycles. The van der Waals surface area contributed by atoms with E-state index in [4.69, 9.17) is 0 Å². The third kappa shape index (κ3) is 3.00. The summed E-state index contributed by atoms with van der Waals surface area (Å²) < 4.78 is 1.07. The molecule has 19 heavy (non-hydrogen) atoms. The molecule has 1 saturated carbocycles. The molecule has 1 saturated heterocycles. The Bertz CT molecular complexity index is 479. The van der Waals surface area contributed by atoms with Crippen LogP contribution in [0.4, 0.5) is 0 Å². The molecule has 3 nitrogen and oxygen atoms in total. The summed E-state index contributed by atoms with van der Waals surface area (Å²) in [5, 5.41) is 6.61. The molecule has 1 aromatic rings. The van der Waals surface area contributed by atoms with Crippen LogP contribution in [-0.4, -0.2) is 18.5 Å². The van der Waals surface area contributed by atoms with Crippen LogP contribution in [0.5, 0.6) is 0 Å². The number of hydrogen-bond acceptors (Lipinski definition) is 2. The monoisotopic (exact) mass is 322 g/mol. The fourth-order valence-electron chi connectivity index (χ4n) is 2.87. The molecule has 1 aromatic carbocycles. The van der Waals surface area contributed by atoms with Crippen molar-refractivity contribution in [2.75, 3.05) is 6.54 Å². The van der Waals surface area contributed by atoms with Crippen molar-refractivity contribution in [3.63, 3.8) is 0 Å². The Morgan fingerprint density at radius 1 is 1.47 bits per heavy atom. The van der Waals surface area contributed by atoms with Gasteiger partial charge in [0.15, 0.2) is 0 Å². The van der Waals surface area contributed by atoms with E-state index in [-0.39, 0.29) is 11.4 Å². The first-order chi connectivity index (χ1) is 9.18. The van der Waals surface area contributed by atoms with Gasteiger partial charge in [0.2, 0.25) is 5.91 Å². The number of amides is 1. The van der Waals surface area contributed by atoms with Gasteiger partial charge in [-0.2, -0.15) is 0 Å². The summed E-state index contributed by atoms with van der Waals surface area (Å²) in [7, 11) is 0. The van der Waals surface area contributed by atoms with Crippen molar-refractivity contribution in [1.29, 1.82) is 0 Å². The largest absolute Gasteiger partial charge is 0.347 e. The van der Waals surface area contributed by atoms with Gasteiger partial charge in [0.1, 0.15) is 0 Å². The maximum absolute atomic E-state index is 12.2. The minimum absolute atomic E-state index is 0.0978. The first-order valence-corrected chi connectivity index (χ1v) is 7.78. The Hall–Kier alpha value is -0.870. The average molecular weight is 323 g/mol. The molecule has 4 heteroatoms. The lowest BCUT2D eigenvalue weighted by Crippen LogP contribution is -2.38. The number of hydrogen-bond donors (Lipinski definition) is 2. The predicted molar refractivity (Wildman–Crippen MR) is 78.8 cm³/mol. The van der Waals surface area contributed by atoms with E-state index in [0.29, 0.717) is 12.5 Å². The van der Waals surface area contributed by atoms with Gasteiger partial charge in [-0.05, 0) is 49.9 Å². The van der Waals surface area contributed by atoms with Crippen molar-refractivity contribution in [3.8, 4) is 0 Å². The van der Waals surface area contributed by atoms with Gasteiger partial charge in [0, 0.05) is 16.9 Å². The quantitative estimate of drug-likeness (QED) is 0.894. The summed E-state index contributed by atoms with van der Waals surface area (Å²) in [6.45, 7) is 1.05. The van der Waals surface area contributed by atoms with Crippen LogP contribution in [0.15, 0.2) is 28.7 Å². The van der Waals surface area contributed by atoms with Gasteiger partial charge in [-0.3, -0.25) is 4.79 Å². The van der Waals surface area contributed by atoms with Crippen LogP contribution in [0.3, 0.4) is 0 Å². The van der Waals surface area contributed by atoms with E-state index >= 15 is 0 Å². The van der Waals surface area contributed by atoms with Gasteiger partial charge in [-0.15, -0.1) is 0 Å². The van der Waals surface area contributed by atoms with E-state index in [0.717, 1.165) is 30.3 Å². The SMILES string of the molecule is O=C(CC1CCCN1)NC1(c2cccc(Br)c2)CC1. The number of rotatable bonds is 4. The van der Waals surface area contributed by atoms with Crippen molar-refractivity contribution in [3.05, 3.63) is 34.3 Å². The predicted octanol–water partition coefficient (Wildman–Crippen LogP) is 2.70. The fraction of sp³-hybridized carbons (Fsp3) is 0.533. The normalized spacial score (nSPS) is 24.2. The number of halogens is 1. The molecular weight excluding hydrogens is 304 g/mol. The van der Waals surface area contributed by atoms with Crippen molar-refractivity contribution < 1.29 is 4.79 Å². The number of nitrogens with one attached hydrogen (secondary N) is 2. The zero-order valence-corrected chi connectivity index (χ0v) is 12.5. The lowest BCUT2D eigenvalue weighted by atomic mass is 10.0. The highest BCUT2D eigenvalue weighted by molar-refractivity contribution is 9.10. The van der Waals surface area contributed by atoms with Gasteiger partial charge in [-0.1, -0.05) is 28.1 Å². The third-order valence-corrected chi connectivity index (χ3v) is 4.59. The summed E-state index contributed by atoms with van der Waals surface area (Å²) in [5.41, 5.74) is 1.12. The Balaban J connectivity index is 1.63. The molecule has 0 bridgehead atoms.